The van der Waals surface area contributed by atoms with Crippen molar-refractivity contribution in [2.75, 3.05) is 0 Å². The van der Waals surface area contributed by atoms with Crippen molar-refractivity contribution in [3.8, 4) is 0 Å². The fraction of sp³-hybridized carbons (Fsp3) is 1.00. The molecule has 0 aromatic rings. The molecule has 1 radical (unpaired) electrons. The van der Waals surface area contributed by atoms with E-state index in [0.717, 1.165) is 12.8 Å². The average molecular weight is 236 g/mol. The van der Waals surface area contributed by atoms with Gasteiger partial charge in [-0.15, -0.1) is 0 Å². The van der Waals surface area contributed by atoms with E-state index < -0.39 is 8.03 Å². The summed E-state index contributed by atoms with van der Waals surface area (Å²) in [5.74, 6) is 0. The molecule has 0 aliphatic heterocycles. The topological polar surface area (TPSA) is 37.3 Å². The summed E-state index contributed by atoms with van der Waals surface area (Å²) < 4.78 is 10.5. The molecule has 0 aliphatic rings. The second kappa shape index (κ2) is 9.65. The summed E-state index contributed by atoms with van der Waals surface area (Å²) in [4.78, 5) is 8.69. The van der Waals surface area contributed by atoms with Gasteiger partial charge >= 0.3 is 8.03 Å². The average Bonchev–Trinajstić information content (AvgIpc) is 1.97. The molecule has 75 valence electrons. The minimum absolute atomic E-state index is 0. The van der Waals surface area contributed by atoms with Crippen LogP contribution in [0.3, 0.4) is 0 Å². The number of hydrogen-bond acceptors (Lipinski definition) is 1. The van der Waals surface area contributed by atoms with Crippen molar-refractivity contribution in [1.29, 1.82) is 0 Å². The van der Waals surface area contributed by atoms with Crippen molar-refractivity contribution in [3.63, 3.8) is 0 Å². The Kier molecular flexibility index (Phi) is 12.1. The first-order valence-electron chi connectivity index (χ1n) is 4.33. The van der Waals surface area contributed by atoms with Gasteiger partial charge in [0.25, 0.3) is 0 Å². The van der Waals surface area contributed by atoms with Gasteiger partial charge in [0.15, 0.2) is 5.66 Å². The van der Waals surface area contributed by atoms with Gasteiger partial charge in [0.1, 0.15) is 0 Å². The van der Waals surface area contributed by atoms with Crippen LogP contribution in [0.15, 0.2) is 0 Å². The molecule has 0 fully saturated rings. The second-order valence-corrected chi connectivity index (χ2v) is 4.49. The van der Waals surface area contributed by atoms with Crippen molar-refractivity contribution in [2.45, 2.75) is 51.6 Å². The summed E-state index contributed by atoms with van der Waals surface area (Å²) >= 11 is 0. The SMILES string of the molecule is CCCCCCC(C)[P+](=O)O.[Co]. The molecule has 0 aliphatic carbocycles. The Hall–Kier alpha value is 0.566. The van der Waals surface area contributed by atoms with E-state index in [1.165, 1.54) is 19.3 Å². The molecule has 0 rings (SSSR count). The van der Waals surface area contributed by atoms with Crippen LogP contribution in [0.25, 0.3) is 0 Å². The van der Waals surface area contributed by atoms with Gasteiger partial charge in [0.05, 0.1) is 0 Å². The van der Waals surface area contributed by atoms with Crippen LogP contribution < -0.4 is 0 Å². The summed E-state index contributed by atoms with van der Waals surface area (Å²) in [6.07, 6.45) is 5.65. The van der Waals surface area contributed by atoms with Crippen LogP contribution in [0.2, 0.25) is 0 Å². The van der Waals surface area contributed by atoms with Crippen molar-refractivity contribution >= 4 is 8.03 Å². The minimum atomic E-state index is -1.93. The maximum absolute atomic E-state index is 10.5. The molecule has 0 saturated carbocycles. The van der Waals surface area contributed by atoms with E-state index in [-0.39, 0.29) is 22.4 Å². The monoisotopic (exact) mass is 236 g/mol. The Morgan fingerprint density at radius 1 is 1.33 bits per heavy atom. The van der Waals surface area contributed by atoms with Gasteiger partial charge in [0.2, 0.25) is 0 Å². The molecule has 4 heteroatoms. The van der Waals surface area contributed by atoms with Crippen LogP contribution in [0.4, 0.5) is 0 Å². The van der Waals surface area contributed by atoms with E-state index in [9.17, 15) is 4.57 Å². The van der Waals surface area contributed by atoms with Gasteiger partial charge in [0, 0.05) is 16.8 Å². The van der Waals surface area contributed by atoms with Gasteiger partial charge in [-0.05, 0) is 24.3 Å². The molecule has 2 nitrogen and oxygen atoms in total. The van der Waals surface area contributed by atoms with Gasteiger partial charge in [-0.2, -0.15) is 4.89 Å². The van der Waals surface area contributed by atoms with Crippen LogP contribution in [0.1, 0.15) is 46.0 Å². The molecular formula is C8H18CoO2P+. The maximum atomic E-state index is 10.5. The van der Waals surface area contributed by atoms with Crippen LogP contribution in [-0.4, -0.2) is 10.6 Å². The molecular weight excluding hydrogens is 218 g/mol. The summed E-state index contributed by atoms with van der Waals surface area (Å²) in [7, 11) is -1.93. The Morgan fingerprint density at radius 2 is 1.92 bits per heavy atom. The molecule has 2 unspecified atom stereocenters. The minimum Gasteiger partial charge on any atom is -0.161 e. The van der Waals surface area contributed by atoms with Crippen molar-refractivity contribution in [3.05, 3.63) is 0 Å². The van der Waals surface area contributed by atoms with Gasteiger partial charge in [-0.25, -0.2) is 0 Å². The van der Waals surface area contributed by atoms with Gasteiger partial charge in [-0.3, -0.25) is 0 Å². The Labute approximate surface area is 86.2 Å². The quantitative estimate of drug-likeness (QED) is 0.568. The molecule has 1 N–H and O–H groups in total. The molecule has 0 amide bonds. The van der Waals surface area contributed by atoms with Crippen LogP contribution >= 0.6 is 8.03 Å². The first-order chi connectivity index (χ1) is 5.18. The van der Waals surface area contributed by atoms with E-state index in [2.05, 4.69) is 6.92 Å². The predicted octanol–water partition coefficient (Wildman–Crippen LogP) is 3.08. The fourth-order valence-corrected chi connectivity index (χ4v) is 1.38. The number of unbranched alkanes of at least 4 members (excludes halogenated alkanes) is 3. The van der Waals surface area contributed by atoms with Crippen molar-refractivity contribution < 1.29 is 26.2 Å². The molecule has 0 heterocycles. The molecule has 0 aromatic heterocycles. The van der Waals surface area contributed by atoms with E-state index in [1.807, 2.05) is 6.92 Å². The van der Waals surface area contributed by atoms with Crippen molar-refractivity contribution in [2.24, 2.45) is 0 Å². The molecule has 2 atom stereocenters. The summed E-state index contributed by atoms with van der Waals surface area (Å²) in [5, 5.41) is 0. The third-order valence-corrected chi connectivity index (χ3v) is 2.86. The summed E-state index contributed by atoms with van der Waals surface area (Å²) in [6, 6.07) is 0. The van der Waals surface area contributed by atoms with Crippen LogP contribution in [-0.2, 0) is 21.3 Å². The number of hydrogen-bond donors (Lipinski definition) is 1. The van der Waals surface area contributed by atoms with Gasteiger partial charge < -0.3 is 0 Å². The Morgan fingerprint density at radius 3 is 2.33 bits per heavy atom. The number of rotatable bonds is 6. The van der Waals surface area contributed by atoms with E-state index in [0.29, 0.717) is 0 Å². The zero-order chi connectivity index (χ0) is 8.69. The summed E-state index contributed by atoms with van der Waals surface area (Å²) in [5.41, 5.74) is -0.0122. The zero-order valence-corrected chi connectivity index (χ0v) is 9.68. The summed E-state index contributed by atoms with van der Waals surface area (Å²) in [6.45, 7) is 4.00. The maximum Gasteiger partial charge on any atom is 0.508 e. The molecule has 0 spiro atoms. The Balaban J connectivity index is 0. The molecule has 12 heavy (non-hydrogen) atoms. The van der Waals surface area contributed by atoms with E-state index >= 15 is 0 Å². The molecule has 0 aromatic carbocycles. The third-order valence-electron chi connectivity index (χ3n) is 1.85. The van der Waals surface area contributed by atoms with E-state index in [4.69, 9.17) is 4.89 Å². The second-order valence-electron chi connectivity index (χ2n) is 3.00. The molecule has 0 bridgehead atoms. The van der Waals surface area contributed by atoms with E-state index in [1.54, 1.807) is 0 Å². The zero-order valence-electron chi connectivity index (χ0n) is 7.75. The largest absolute Gasteiger partial charge is 0.508 e. The normalized spacial score (nSPS) is 13.4. The van der Waals surface area contributed by atoms with Crippen LogP contribution in [0.5, 0.6) is 0 Å². The Bertz CT molecular complexity index is 120. The molecule has 0 saturated heterocycles. The van der Waals surface area contributed by atoms with Crippen molar-refractivity contribution in [1.82, 2.24) is 0 Å². The first-order valence-corrected chi connectivity index (χ1v) is 5.62. The van der Waals surface area contributed by atoms with Crippen LogP contribution in [0, 0.1) is 0 Å². The first kappa shape index (κ1) is 15.1. The predicted molar refractivity (Wildman–Crippen MR) is 48.0 cm³/mol. The third kappa shape index (κ3) is 8.66. The smallest absolute Gasteiger partial charge is 0.161 e. The standard InChI is InChI=1S/C8H17O2P.Co/c1-3-4-5-6-7-8(2)11(9)10;/h8H,3-7H2,1-2H3;/p+1. The van der Waals surface area contributed by atoms with Gasteiger partial charge in [-0.1, -0.05) is 26.2 Å². The fourth-order valence-electron chi connectivity index (χ4n) is 0.977.